The lowest BCUT2D eigenvalue weighted by atomic mass is 9.97. The van der Waals surface area contributed by atoms with E-state index in [2.05, 4.69) is 20.1 Å². The van der Waals surface area contributed by atoms with Crippen LogP contribution in [0.15, 0.2) is 42.6 Å². The summed E-state index contributed by atoms with van der Waals surface area (Å²) in [5.41, 5.74) is 0.664. The Morgan fingerprint density at radius 1 is 1.00 bits per heavy atom. The molecule has 1 unspecified atom stereocenters. The monoisotopic (exact) mass is 485 g/mol. The average molecular weight is 486 g/mol. The quantitative estimate of drug-likeness (QED) is 0.722. The number of pyridine rings is 1. The lowest BCUT2D eigenvalue weighted by Crippen LogP contribution is -2.51. The van der Waals surface area contributed by atoms with Crippen molar-refractivity contribution in [3.8, 4) is 0 Å². The van der Waals surface area contributed by atoms with Crippen LogP contribution in [0.5, 0.6) is 0 Å². The van der Waals surface area contributed by atoms with E-state index in [1.54, 1.807) is 12.3 Å². The third-order valence-electron chi connectivity index (χ3n) is 6.80. The molecule has 1 aromatic carbocycles. The summed E-state index contributed by atoms with van der Waals surface area (Å²) in [6.45, 7) is 4.91. The smallest absolute Gasteiger partial charge is 0.225 e. The second-order valence-electron chi connectivity index (χ2n) is 9.25. The fourth-order valence-corrected chi connectivity index (χ4v) is 4.81. The normalized spacial score (nSPS) is 20.7. The summed E-state index contributed by atoms with van der Waals surface area (Å²) < 4.78 is 26.9. The van der Waals surface area contributed by atoms with Crippen LogP contribution in [0.2, 0.25) is 0 Å². The maximum absolute atomic E-state index is 13.6. The molecule has 3 heterocycles. The number of hydrogen-bond donors (Lipinski definition) is 1. The van der Waals surface area contributed by atoms with Crippen molar-refractivity contribution in [2.75, 3.05) is 50.7 Å². The summed E-state index contributed by atoms with van der Waals surface area (Å²) in [4.78, 5) is 36.3. The van der Waals surface area contributed by atoms with Gasteiger partial charge in [0.15, 0.2) is 11.6 Å². The number of nitrogens with one attached hydrogen (secondary N) is 1. The summed E-state index contributed by atoms with van der Waals surface area (Å²) in [7, 11) is 0. The molecule has 7 nitrogen and oxygen atoms in total. The number of aromatic nitrogens is 1. The van der Waals surface area contributed by atoms with Gasteiger partial charge in [-0.15, -0.1) is 0 Å². The van der Waals surface area contributed by atoms with Crippen LogP contribution >= 0.6 is 0 Å². The fraction of sp³-hybridized carbons (Fsp3) is 0.500. The Morgan fingerprint density at radius 3 is 2.57 bits per heavy atom. The van der Waals surface area contributed by atoms with E-state index >= 15 is 0 Å². The van der Waals surface area contributed by atoms with Gasteiger partial charge in [-0.2, -0.15) is 0 Å². The molecule has 0 bridgehead atoms. The van der Waals surface area contributed by atoms with Gasteiger partial charge in [-0.3, -0.25) is 14.5 Å². The van der Waals surface area contributed by atoms with E-state index in [-0.39, 0.29) is 17.7 Å². The summed E-state index contributed by atoms with van der Waals surface area (Å²) in [5, 5.41) is 2.93. The lowest BCUT2D eigenvalue weighted by Gasteiger charge is -2.37. The zero-order valence-corrected chi connectivity index (χ0v) is 20.0. The molecule has 2 aliphatic rings. The molecule has 2 aromatic rings. The molecule has 9 heteroatoms. The van der Waals surface area contributed by atoms with E-state index in [4.69, 9.17) is 0 Å². The van der Waals surface area contributed by atoms with E-state index in [1.807, 2.05) is 23.1 Å². The molecule has 1 aromatic heterocycles. The zero-order valence-electron chi connectivity index (χ0n) is 20.0. The first-order valence-electron chi connectivity index (χ1n) is 12.4. The Bertz CT molecular complexity index is 998. The highest BCUT2D eigenvalue weighted by atomic mass is 19.2. The van der Waals surface area contributed by atoms with E-state index in [9.17, 15) is 18.4 Å². The number of amides is 2. The first-order chi connectivity index (χ1) is 17.0. The van der Waals surface area contributed by atoms with Crippen LogP contribution in [0.3, 0.4) is 0 Å². The molecular weight excluding hydrogens is 452 g/mol. The highest BCUT2D eigenvalue weighted by molar-refractivity contribution is 5.79. The van der Waals surface area contributed by atoms with E-state index < -0.39 is 11.6 Å². The molecular formula is C26H33F2N5O2. The Hall–Kier alpha value is -3.07. The summed E-state index contributed by atoms with van der Waals surface area (Å²) in [6, 6.07) is 9.75. The van der Waals surface area contributed by atoms with Crippen molar-refractivity contribution in [1.82, 2.24) is 20.1 Å². The van der Waals surface area contributed by atoms with Crippen LogP contribution in [0.4, 0.5) is 14.6 Å². The maximum atomic E-state index is 13.6. The SMILES string of the molecule is O=C1CCN(Cc2ccc(F)c(F)c2)CCCC(C(=O)N2CCN(c3ccccn3)CC2)CCN1. The highest BCUT2D eigenvalue weighted by Crippen LogP contribution is 2.20. The number of rotatable bonds is 4. The van der Waals surface area contributed by atoms with Crippen molar-refractivity contribution >= 4 is 17.6 Å². The van der Waals surface area contributed by atoms with Crippen molar-refractivity contribution in [2.24, 2.45) is 5.92 Å². The number of nitrogens with zero attached hydrogens (tertiary/aromatic N) is 4. The summed E-state index contributed by atoms with van der Waals surface area (Å²) in [5.74, 6) is -0.873. The minimum atomic E-state index is -0.869. The van der Waals surface area contributed by atoms with Gasteiger partial charge in [0.25, 0.3) is 0 Å². The molecule has 4 rings (SSSR count). The molecule has 2 aliphatic heterocycles. The number of piperazine rings is 1. The fourth-order valence-electron chi connectivity index (χ4n) is 4.81. The van der Waals surface area contributed by atoms with Gasteiger partial charge in [0.1, 0.15) is 5.82 Å². The van der Waals surface area contributed by atoms with Gasteiger partial charge >= 0.3 is 0 Å². The van der Waals surface area contributed by atoms with Gasteiger partial charge < -0.3 is 15.1 Å². The molecule has 2 fully saturated rings. The zero-order chi connectivity index (χ0) is 24.6. The molecule has 1 N–H and O–H groups in total. The Balaban J connectivity index is 1.34. The Kier molecular flexibility index (Phi) is 8.63. The number of halogens is 2. The second-order valence-corrected chi connectivity index (χ2v) is 9.25. The van der Waals surface area contributed by atoms with Crippen LogP contribution in [-0.2, 0) is 16.1 Å². The lowest BCUT2D eigenvalue weighted by molar-refractivity contribution is -0.136. The topological polar surface area (TPSA) is 68.8 Å². The van der Waals surface area contributed by atoms with Crippen molar-refractivity contribution < 1.29 is 18.4 Å². The largest absolute Gasteiger partial charge is 0.356 e. The molecule has 35 heavy (non-hydrogen) atoms. The first-order valence-corrected chi connectivity index (χ1v) is 12.4. The number of carbonyl (C=O) groups excluding carboxylic acids is 2. The van der Waals surface area contributed by atoms with Crippen molar-refractivity contribution in [3.05, 3.63) is 59.8 Å². The van der Waals surface area contributed by atoms with Crippen molar-refractivity contribution in [3.63, 3.8) is 0 Å². The van der Waals surface area contributed by atoms with Gasteiger partial charge in [0.05, 0.1) is 0 Å². The Labute approximate surface area is 205 Å². The number of carbonyl (C=O) groups is 2. The molecule has 2 saturated heterocycles. The molecule has 0 radical (unpaired) electrons. The standard InChI is InChI=1S/C26H33F2N5O2/c27-22-7-6-20(18-23(22)28)19-31-12-3-4-21(8-11-30-25(34)9-13-31)26(35)33-16-14-32(15-17-33)24-5-1-2-10-29-24/h1-2,5-7,10,18,21H,3-4,8-9,11-17,19H2,(H,30,34). The average Bonchev–Trinajstić information content (AvgIpc) is 2.92. The van der Waals surface area contributed by atoms with E-state index in [1.165, 1.54) is 6.07 Å². The third kappa shape index (κ3) is 6.97. The molecule has 188 valence electrons. The molecule has 0 aliphatic carbocycles. The van der Waals surface area contributed by atoms with Gasteiger partial charge in [0, 0.05) is 64.3 Å². The number of hydrogen-bond acceptors (Lipinski definition) is 5. The number of anilines is 1. The highest BCUT2D eigenvalue weighted by Gasteiger charge is 2.28. The predicted octanol–water partition coefficient (Wildman–Crippen LogP) is 2.82. The molecule has 1 atom stereocenters. The van der Waals surface area contributed by atoms with E-state index in [0.29, 0.717) is 57.7 Å². The molecule has 0 spiro atoms. The van der Waals surface area contributed by atoms with E-state index in [0.717, 1.165) is 37.8 Å². The molecule has 0 saturated carbocycles. The first kappa shape index (κ1) is 25.0. The van der Waals surface area contributed by atoms with Crippen LogP contribution < -0.4 is 10.2 Å². The third-order valence-corrected chi connectivity index (χ3v) is 6.80. The number of benzene rings is 1. The second kappa shape index (κ2) is 12.1. The van der Waals surface area contributed by atoms with Gasteiger partial charge in [-0.25, -0.2) is 13.8 Å². The van der Waals surface area contributed by atoms with Crippen LogP contribution in [-0.4, -0.2) is 72.4 Å². The minimum absolute atomic E-state index is 0.0580. The Morgan fingerprint density at radius 2 is 1.83 bits per heavy atom. The van der Waals surface area contributed by atoms with Crippen molar-refractivity contribution in [1.29, 1.82) is 0 Å². The minimum Gasteiger partial charge on any atom is -0.356 e. The van der Waals surface area contributed by atoms with Gasteiger partial charge in [-0.1, -0.05) is 12.1 Å². The van der Waals surface area contributed by atoms with Crippen LogP contribution in [0.25, 0.3) is 0 Å². The van der Waals surface area contributed by atoms with Gasteiger partial charge in [0.2, 0.25) is 11.8 Å². The van der Waals surface area contributed by atoms with Crippen molar-refractivity contribution in [2.45, 2.75) is 32.2 Å². The maximum Gasteiger partial charge on any atom is 0.225 e. The molecule has 2 amide bonds. The predicted molar refractivity (Wildman–Crippen MR) is 130 cm³/mol. The van der Waals surface area contributed by atoms with Gasteiger partial charge in [-0.05, 0) is 55.6 Å². The van der Waals surface area contributed by atoms with Crippen LogP contribution in [0, 0.1) is 17.6 Å². The summed E-state index contributed by atoms with van der Waals surface area (Å²) >= 11 is 0. The van der Waals surface area contributed by atoms with Crippen LogP contribution in [0.1, 0.15) is 31.2 Å². The summed E-state index contributed by atoms with van der Waals surface area (Å²) in [6.07, 6.45) is 4.25.